The van der Waals surface area contributed by atoms with Crippen molar-refractivity contribution in [3.05, 3.63) is 35.4 Å². The van der Waals surface area contributed by atoms with E-state index >= 15 is 0 Å². The van der Waals surface area contributed by atoms with Gasteiger partial charge in [-0.1, -0.05) is 12.1 Å². The molecule has 0 heterocycles. The molecule has 1 rings (SSSR count). The number of benzene rings is 1. The van der Waals surface area contributed by atoms with Crippen molar-refractivity contribution in [3.63, 3.8) is 0 Å². The number of nitrogens with one attached hydrogen (secondary N) is 1. The van der Waals surface area contributed by atoms with Crippen molar-refractivity contribution in [2.24, 2.45) is 0 Å². The fourth-order valence-corrected chi connectivity index (χ4v) is 1.29. The van der Waals surface area contributed by atoms with Gasteiger partial charge in [-0.25, -0.2) is 0 Å². The average Bonchev–Trinajstić information content (AvgIpc) is 2.35. The molecule has 1 aromatic carbocycles. The van der Waals surface area contributed by atoms with Crippen molar-refractivity contribution in [2.75, 3.05) is 20.8 Å². The maximum absolute atomic E-state index is 8.64. The zero-order chi connectivity index (χ0) is 11.8. The predicted octanol–water partition coefficient (Wildman–Crippen LogP) is 1.27. The molecule has 86 valence electrons. The zero-order valence-corrected chi connectivity index (χ0v) is 9.56. The largest absolute Gasteiger partial charge is 0.355 e. The molecule has 0 saturated heterocycles. The molecule has 1 N–H and O–H groups in total. The SMILES string of the molecule is COC(CNCc1ccc(C#N)cc1)OC. The molecule has 0 unspecified atom stereocenters. The first-order valence-corrected chi connectivity index (χ1v) is 5.05. The number of nitriles is 1. The summed E-state index contributed by atoms with van der Waals surface area (Å²) in [5.41, 5.74) is 1.81. The maximum atomic E-state index is 8.64. The van der Waals surface area contributed by atoms with Crippen LogP contribution < -0.4 is 5.32 Å². The highest BCUT2D eigenvalue weighted by Crippen LogP contribution is 2.02. The minimum atomic E-state index is -0.224. The number of rotatable bonds is 6. The second kappa shape index (κ2) is 6.96. The van der Waals surface area contributed by atoms with Gasteiger partial charge in [-0.15, -0.1) is 0 Å². The minimum Gasteiger partial charge on any atom is -0.355 e. The lowest BCUT2D eigenvalue weighted by Crippen LogP contribution is -2.29. The molecule has 4 heteroatoms. The van der Waals surface area contributed by atoms with Crippen LogP contribution in [0.25, 0.3) is 0 Å². The third kappa shape index (κ3) is 3.99. The van der Waals surface area contributed by atoms with Crippen molar-refractivity contribution in [2.45, 2.75) is 12.8 Å². The van der Waals surface area contributed by atoms with E-state index in [1.54, 1.807) is 26.4 Å². The van der Waals surface area contributed by atoms with E-state index in [0.717, 1.165) is 12.1 Å². The Balaban J connectivity index is 2.34. The topological polar surface area (TPSA) is 54.3 Å². The number of nitrogens with zero attached hydrogens (tertiary/aromatic N) is 1. The number of hydrogen-bond acceptors (Lipinski definition) is 4. The van der Waals surface area contributed by atoms with Crippen LogP contribution in [0.1, 0.15) is 11.1 Å². The van der Waals surface area contributed by atoms with Crippen LogP contribution >= 0.6 is 0 Å². The maximum Gasteiger partial charge on any atom is 0.169 e. The van der Waals surface area contributed by atoms with Crippen molar-refractivity contribution in [3.8, 4) is 6.07 Å². The minimum absolute atomic E-state index is 0.224. The summed E-state index contributed by atoms with van der Waals surface area (Å²) in [5, 5.41) is 11.9. The Labute approximate surface area is 95.8 Å². The predicted molar refractivity (Wildman–Crippen MR) is 60.7 cm³/mol. The lowest BCUT2D eigenvalue weighted by atomic mass is 10.1. The third-order valence-corrected chi connectivity index (χ3v) is 2.25. The number of methoxy groups -OCH3 is 2. The van der Waals surface area contributed by atoms with Crippen molar-refractivity contribution >= 4 is 0 Å². The molecule has 0 amide bonds. The lowest BCUT2D eigenvalue weighted by Gasteiger charge is -2.13. The van der Waals surface area contributed by atoms with Crippen LogP contribution in [0.5, 0.6) is 0 Å². The standard InChI is InChI=1S/C12H16N2O2/c1-15-12(16-2)9-14-8-11-5-3-10(7-13)4-6-11/h3-6,12,14H,8-9H2,1-2H3. The Morgan fingerprint density at radius 2 is 1.88 bits per heavy atom. The first kappa shape index (κ1) is 12.7. The fraction of sp³-hybridized carbons (Fsp3) is 0.417. The van der Waals surface area contributed by atoms with Crippen LogP contribution in [0.3, 0.4) is 0 Å². The molecule has 0 aromatic heterocycles. The van der Waals surface area contributed by atoms with Crippen LogP contribution in [-0.2, 0) is 16.0 Å². The Kier molecular flexibility index (Phi) is 5.51. The number of hydrogen-bond donors (Lipinski definition) is 1. The van der Waals surface area contributed by atoms with E-state index in [2.05, 4.69) is 11.4 Å². The fourth-order valence-electron chi connectivity index (χ4n) is 1.29. The van der Waals surface area contributed by atoms with E-state index in [0.29, 0.717) is 12.1 Å². The van der Waals surface area contributed by atoms with Gasteiger partial charge in [0.15, 0.2) is 6.29 Å². The van der Waals surface area contributed by atoms with E-state index in [1.807, 2.05) is 12.1 Å². The highest BCUT2D eigenvalue weighted by Gasteiger charge is 2.03. The van der Waals surface area contributed by atoms with Crippen LogP contribution in [-0.4, -0.2) is 27.1 Å². The number of ether oxygens (including phenoxy) is 2. The third-order valence-electron chi connectivity index (χ3n) is 2.25. The summed E-state index contributed by atoms with van der Waals surface area (Å²) < 4.78 is 10.1. The summed E-state index contributed by atoms with van der Waals surface area (Å²) in [6.07, 6.45) is -0.224. The van der Waals surface area contributed by atoms with Gasteiger partial charge in [0.05, 0.1) is 11.6 Å². The van der Waals surface area contributed by atoms with Crippen molar-refractivity contribution < 1.29 is 9.47 Å². The highest BCUT2D eigenvalue weighted by atomic mass is 16.7. The quantitative estimate of drug-likeness (QED) is 0.733. The molecule has 1 aromatic rings. The first-order valence-electron chi connectivity index (χ1n) is 5.05. The van der Waals surface area contributed by atoms with E-state index in [1.165, 1.54) is 0 Å². The molecule has 0 aliphatic heterocycles. The van der Waals surface area contributed by atoms with Crippen molar-refractivity contribution in [1.82, 2.24) is 5.32 Å². The molecule has 0 spiro atoms. The smallest absolute Gasteiger partial charge is 0.169 e. The van der Waals surface area contributed by atoms with Gasteiger partial charge in [0.1, 0.15) is 0 Å². The summed E-state index contributed by atoms with van der Waals surface area (Å²) in [7, 11) is 3.22. The van der Waals surface area contributed by atoms with E-state index < -0.39 is 0 Å². The van der Waals surface area contributed by atoms with Gasteiger partial charge >= 0.3 is 0 Å². The van der Waals surface area contributed by atoms with Crippen molar-refractivity contribution in [1.29, 1.82) is 5.26 Å². The molecule has 16 heavy (non-hydrogen) atoms. The van der Waals surface area contributed by atoms with Crippen LogP contribution in [0.2, 0.25) is 0 Å². The first-order chi connectivity index (χ1) is 7.80. The lowest BCUT2D eigenvalue weighted by molar-refractivity contribution is -0.0989. The van der Waals surface area contributed by atoms with Crippen LogP contribution in [0.4, 0.5) is 0 Å². The van der Waals surface area contributed by atoms with E-state index in [-0.39, 0.29) is 6.29 Å². The normalized spacial score (nSPS) is 10.4. The van der Waals surface area contributed by atoms with Gasteiger partial charge < -0.3 is 14.8 Å². The van der Waals surface area contributed by atoms with Gasteiger partial charge in [0.25, 0.3) is 0 Å². The van der Waals surface area contributed by atoms with Crippen LogP contribution in [0.15, 0.2) is 24.3 Å². The van der Waals surface area contributed by atoms with Gasteiger partial charge in [-0.3, -0.25) is 0 Å². The molecule has 0 fully saturated rings. The second-order valence-electron chi connectivity index (χ2n) is 3.34. The van der Waals surface area contributed by atoms with Gasteiger partial charge in [-0.2, -0.15) is 5.26 Å². The Morgan fingerprint density at radius 3 is 2.38 bits per heavy atom. The summed E-state index contributed by atoms with van der Waals surface area (Å²) >= 11 is 0. The Hall–Kier alpha value is -1.41. The molecule has 0 bridgehead atoms. The van der Waals surface area contributed by atoms with Gasteiger partial charge in [0, 0.05) is 27.3 Å². The molecular weight excluding hydrogens is 204 g/mol. The molecule has 0 aliphatic rings. The zero-order valence-electron chi connectivity index (χ0n) is 9.56. The highest BCUT2D eigenvalue weighted by molar-refractivity contribution is 5.31. The summed E-state index contributed by atoms with van der Waals surface area (Å²) in [4.78, 5) is 0. The van der Waals surface area contributed by atoms with Gasteiger partial charge in [0.2, 0.25) is 0 Å². The summed E-state index contributed by atoms with van der Waals surface area (Å²) in [6.45, 7) is 1.36. The van der Waals surface area contributed by atoms with E-state index in [9.17, 15) is 0 Å². The average molecular weight is 220 g/mol. The molecule has 4 nitrogen and oxygen atoms in total. The summed E-state index contributed by atoms with van der Waals surface area (Å²) in [5.74, 6) is 0. The second-order valence-corrected chi connectivity index (χ2v) is 3.34. The molecular formula is C12H16N2O2. The molecule has 0 aliphatic carbocycles. The van der Waals surface area contributed by atoms with Gasteiger partial charge in [-0.05, 0) is 17.7 Å². The molecule has 0 saturated carbocycles. The van der Waals surface area contributed by atoms with E-state index in [4.69, 9.17) is 14.7 Å². The summed E-state index contributed by atoms with van der Waals surface area (Å²) in [6, 6.07) is 9.56. The van der Waals surface area contributed by atoms with Crippen LogP contribution in [0, 0.1) is 11.3 Å². The Morgan fingerprint density at radius 1 is 1.25 bits per heavy atom. The monoisotopic (exact) mass is 220 g/mol. The molecule has 0 atom stereocenters. The molecule has 0 radical (unpaired) electrons. The Bertz CT molecular complexity index is 339.